The van der Waals surface area contributed by atoms with Crippen molar-refractivity contribution in [3.8, 4) is 0 Å². The zero-order valence-corrected chi connectivity index (χ0v) is 14.2. The van der Waals surface area contributed by atoms with Crippen molar-refractivity contribution in [2.75, 3.05) is 19.7 Å². The number of ether oxygens (including phenoxy) is 1. The van der Waals surface area contributed by atoms with E-state index in [4.69, 9.17) is 4.74 Å². The number of carboxylic acid groups (broad SMARTS) is 1. The summed E-state index contributed by atoms with van der Waals surface area (Å²) in [5.41, 5.74) is 1.20. The number of carbonyl (C=O) groups is 2. The number of benzene rings is 1. The van der Waals surface area contributed by atoms with Crippen LogP contribution in [0.2, 0.25) is 0 Å². The molecule has 1 aromatic rings. The van der Waals surface area contributed by atoms with Gasteiger partial charge in [0.05, 0.1) is 24.3 Å². The van der Waals surface area contributed by atoms with E-state index in [0.717, 1.165) is 31.2 Å². The molecule has 0 radical (unpaired) electrons. The lowest BCUT2D eigenvalue weighted by molar-refractivity contribution is -0.107. The molecule has 3 rings (SSSR count). The number of rotatable bonds is 2. The van der Waals surface area contributed by atoms with Crippen molar-refractivity contribution >= 4 is 11.9 Å². The average molecular weight is 331 g/mol. The molecular weight excluding hydrogens is 306 g/mol. The Morgan fingerprint density at radius 3 is 2.42 bits per heavy atom. The van der Waals surface area contributed by atoms with Gasteiger partial charge in [0.15, 0.2) is 0 Å². The maximum atomic E-state index is 12.9. The third-order valence-corrected chi connectivity index (χ3v) is 5.12. The Hall–Kier alpha value is -1.88. The lowest BCUT2D eigenvalue weighted by Gasteiger charge is -2.42. The first-order chi connectivity index (χ1) is 11.5. The fourth-order valence-corrected chi connectivity index (χ4v) is 3.91. The molecule has 5 heteroatoms. The summed E-state index contributed by atoms with van der Waals surface area (Å²) in [4.78, 5) is 26.0. The van der Waals surface area contributed by atoms with E-state index >= 15 is 0 Å². The van der Waals surface area contributed by atoms with Crippen molar-refractivity contribution in [2.45, 2.75) is 51.0 Å². The smallest absolute Gasteiger partial charge is 0.335 e. The van der Waals surface area contributed by atoms with Crippen LogP contribution in [0, 0.1) is 6.92 Å². The number of aromatic carboxylic acids is 1. The number of morpholine rings is 1. The van der Waals surface area contributed by atoms with Gasteiger partial charge in [-0.05, 0) is 43.5 Å². The highest BCUT2D eigenvalue weighted by Gasteiger charge is 2.38. The fraction of sp³-hybridized carbons (Fsp3) is 0.579. The maximum absolute atomic E-state index is 12.9. The van der Waals surface area contributed by atoms with Crippen molar-refractivity contribution in [1.82, 2.24) is 4.90 Å². The van der Waals surface area contributed by atoms with Crippen LogP contribution in [0.5, 0.6) is 0 Å². The third kappa shape index (κ3) is 3.61. The summed E-state index contributed by atoms with van der Waals surface area (Å²) in [6.07, 6.45) is 6.78. The largest absolute Gasteiger partial charge is 0.478 e. The van der Waals surface area contributed by atoms with Gasteiger partial charge in [-0.1, -0.05) is 25.7 Å². The van der Waals surface area contributed by atoms with Crippen LogP contribution in [0.3, 0.4) is 0 Å². The molecular formula is C19H25NO4. The second-order valence-corrected chi connectivity index (χ2v) is 7.07. The van der Waals surface area contributed by atoms with Gasteiger partial charge >= 0.3 is 5.97 Å². The number of carboxylic acids is 1. The molecule has 0 unspecified atom stereocenters. The van der Waals surface area contributed by atoms with Crippen LogP contribution >= 0.6 is 0 Å². The zero-order chi connectivity index (χ0) is 17.2. The molecule has 24 heavy (non-hydrogen) atoms. The Labute approximate surface area is 142 Å². The molecule has 0 aromatic heterocycles. The van der Waals surface area contributed by atoms with Crippen molar-refractivity contribution in [2.24, 2.45) is 0 Å². The van der Waals surface area contributed by atoms with Crippen molar-refractivity contribution in [1.29, 1.82) is 0 Å². The van der Waals surface area contributed by atoms with Gasteiger partial charge in [-0.2, -0.15) is 0 Å². The molecule has 2 fully saturated rings. The lowest BCUT2D eigenvalue weighted by atomic mass is 9.92. The van der Waals surface area contributed by atoms with E-state index in [1.54, 1.807) is 12.1 Å². The minimum Gasteiger partial charge on any atom is -0.478 e. The van der Waals surface area contributed by atoms with Crippen LogP contribution in [0.1, 0.15) is 64.8 Å². The van der Waals surface area contributed by atoms with Crippen molar-refractivity contribution in [3.05, 3.63) is 34.9 Å². The standard InChI is InChI=1S/C19H25NO4/c1-14-10-15(12-16(11-14)18(22)23)17(21)20-8-9-24-19(13-20)6-4-2-3-5-7-19/h10-12H,2-9,13H2,1H3,(H,22,23). The van der Waals surface area contributed by atoms with Gasteiger partial charge in [0.1, 0.15) is 0 Å². The minimum atomic E-state index is -1.00. The molecule has 1 saturated heterocycles. The van der Waals surface area contributed by atoms with Crippen LogP contribution in [0.15, 0.2) is 18.2 Å². The second kappa shape index (κ2) is 6.93. The molecule has 1 aliphatic heterocycles. The number of hydrogen-bond donors (Lipinski definition) is 1. The number of carbonyl (C=O) groups excluding carboxylic acids is 1. The van der Waals surface area contributed by atoms with Crippen LogP contribution in [-0.4, -0.2) is 47.2 Å². The maximum Gasteiger partial charge on any atom is 0.335 e. The molecule has 2 aliphatic rings. The Morgan fingerprint density at radius 1 is 1.08 bits per heavy atom. The summed E-state index contributed by atoms with van der Waals surface area (Å²) in [5.74, 6) is -1.09. The monoisotopic (exact) mass is 331 g/mol. The predicted octanol–water partition coefficient (Wildman–Crippen LogP) is 3.26. The first-order valence-electron chi connectivity index (χ1n) is 8.77. The number of aryl methyl sites for hydroxylation is 1. The molecule has 1 spiro atoms. The summed E-state index contributed by atoms with van der Waals surface area (Å²) < 4.78 is 6.10. The summed E-state index contributed by atoms with van der Waals surface area (Å²) in [6, 6.07) is 4.84. The second-order valence-electron chi connectivity index (χ2n) is 7.07. The predicted molar refractivity (Wildman–Crippen MR) is 90.4 cm³/mol. The highest BCUT2D eigenvalue weighted by atomic mass is 16.5. The Balaban J connectivity index is 1.80. The van der Waals surface area contributed by atoms with Gasteiger partial charge in [0, 0.05) is 12.1 Å². The summed E-state index contributed by atoms with van der Waals surface area (Å²) >= 11 is 0. The van der Waals surface area contributed by atoms with Gasteiger partial charge in [0.25, 0.3) is 5.91 Å². The summed E-state index contributed by atoms with van der Waals surface area (Å²) in [7, 11) is 0. The van der Waals surface area contributed by atoms with Gasteiger partial charge < -0.3 is 14.7 Å². The molecule has 1 heterocycles. The van der Waals surface area contributed by atoms with Gasteiger partial charge in [-0.15, -0.1) is 0 Å². The number of amides is 1. The Kier molecular flexibility index (Phi) is 4.90. The molecule has 0 atom stereocenters. The lowest BCUT2D eigenvalue weighted by Crippen LogP contribution is -2.53. The number of hydrogen-bond acceptors (Lipinski definition) is 3. The molecule has 1 amide bonds. The van der Waals surface area contributed by atoms with E-state index in [1.807, 2.05) is 11.8 Å². The summed E-state index contributed by atoms with van der Waals surface area (Å²) in [5, 5.41) is 9.21. The first kappa shape index (κ1) is 17.0. The van der Waals surface area contributed by atoms with E-state index in [0.29, 0.717) is 25.3 Å². The fourth-order valence-electron chi connectivity index (χ4n) is 3.91. The molecule has 1 aromatic carbocycles. The van der Waals surface area contributed by atoms with E-state index in [9.17, 15) is 14.7 Å². The molecule has 1 aliphatic carbocycles. The van der Waals surface area contributed by atoms with Gasteiger partial charge in [-0.25, -0.2) is 4.79 Å². The topological polar surface area (TPSA) is 66.8 Å². The first-order valence-corrected chi connectivity index (χ1v) is 8.77. The molecule has 1 saturated carbocycles. The quantitative estimate of drug-likeness (QED) is 0.903. The Bertz CT molecular complexity index is 632. The Morgan fingerprint density at radius 2 is 1.75 bits per heavy atom. The molecule has 0 bridgehead atoms. The van der Waals surface area contributed by atoms with Gasteiger partial charge in [0.2, 0.25) is 0 Å². The van der Waals surface area contributed by atoms with Crippen LogP contribution in [-0.2, 0) is 4.74 Å². The normalized spacial score (nSPS) is 20.6. The van der Waals surface area contributed by atoms with E-state index in [-0.39, 0.29) is 17.1 Å². The van der Waals surface area contributed by atoms with Crippen LogP contribution < -0.4 is 0 Å². The average Bonchev–Trinajstić information content (AvgIpc) is 2.79. The number of nitrogens with zero attached hydrogens (tertiary/aromatic N) is 1. The van der Waals surface area contributed by atoms with Crippen molar-refractivity contribution < 1.29 is 19.4 Å². The van der Waals surface area contributed by atoms with E-state index < -0.39 is 5.97 Å². The van der Waals surface area contributed by atoms with Crippen molar-refractivity contribution in [3.63, 3.8) is 0 Å². The third-order valence-electron chi connectivity index (χ3n) is 5.12. The highest BCUT2D eigenvalue weighted by molar-refractivity contribution is 5.98. The molecule has 1 N–H and O–H groups in total. The zero-order valence-electron chi connectivity index (χ0n) is 14.2. The van der Waals surface area contributed by atoms with Gasteiger partial charge in [-0.3, -0.25) is 4.79 Å². The molecule has 130 valence electrons. The molecule has 5 nitrogen and oxygen atoms in total. The van der Waals surface area contributed by atoms with E-state index in [1.165, 1.54) is 18.9 Å². The van der Waals surface area contributed by atoms with E-state index in [2.05, 4.69) is 0 Å². The minimum absolute atomic E-state index is 0.0897. The summed E-state index contributed by atoms with van der Waals surface area (Å²) in [6.45, 7) is 3.55. The van der Waals surface area contributed by atoms with Crippen LogP contribution in [0.4, 0.5) is 0 Å². The SMILES string of the molecule is Cc1cc(C(=O)O)cc(C(=O)N2CCOC3(CCCCCC3)C2)c1. The van der Waals surface area contributed by atoms with Crippen LogP contribution in [0.25, 0.3) is 0 Å². The highest BCUT2D eigenvalue weighted by Crippen LogP contribution is 2.33.